The molecule has 0 radical (unpaired) electrons. The molecule has 1 fully saturated rings. The summed E-state index contributed by atoms with van der Waals surface area (Å²) in [6, 6.07) is 10.3. The molecule has 3 rings (SSSR count). The highest BCUT2D eigenvalue weighted by atomic mass is 16.2. The Kier molecular flexibility index (Phi) is 5.08. The first-order valence-electron chi connectivity index (χ1n) is 8.37. The van der Waals surface area contributed by atoms with E-state index in [1.165, 1.54) is 0 Å². The minimum atomic E-state index is 0.229. The normalized spacial score (nSPS) is 17.3. The van der Waals surface area contributed by atoms with Gasteiger partial charge in [0.05, 0.1) is 12.1 Å². The molecule has 0 aliphatic carbocycles. The minimum absolute atomic E-state index is 0.229. The highest BCUT2D eigenvalue weighted by molar-refractivity contribution is 5.79. The van der Waals surface area contributed by atoms with Crippen molar-refractivity contribution < 1.29 is 4.79 Å². The number of carbonyl (C=O) groups is 1. The average Bonchev–Trinajstić information content (AvgIpc) is 3.26. The van der Waals surface area contributed by atoms with Crippen LogP contribution in [-0.4, -0.2) is 46.3 Å². The maximum Gasteiger partial charge on any atom is 0.227 e. The standard InChI is InChI=1S/C18H24N4O/c1-2-11-21(17-8-10-19-14-17)18(23)13-15-4-6-16(7-5-15)22-12-3-9-20-22/h3-7,9,12,17,19H,2,8,10-11,13-14H2,1H3. The van der Waals surface area contributed by atoms with Gasteiger partial charge in [-0.1, -0.05) is 19.1 Å². The Hall–Kier alpha value is -2.14. The topological polar surface area (TPSA) is 50.2 Å². The smallest absolute Gasteiger partial charge is 0.227 e. The molecule has 1 unspecified atom stereocenters. The third-order valence-corrected chi connectivity index (χ3v) is 4.32. The van der Waals surface area contributed by atoms with E-state index in [4.69, 9.17) is 0 Å². The van der Waals surface area contributed by atoms with Crippen molar-refractivity contribution in [2.45, 2.75) is 32.2 Å². The molecule has 2 heterocycles. The third kappa shape index (κ3) is 3.79. The molecule has 0 spiro atoms. The number of rotatable bonds is 6. The van der Waals surface area contributed by atoms with Gasteiger partial charge in [-0.3, -0.25) is 4.79 Å². The second kappa shape index (κ2) is 7.42. The Balaban J connectivity index is 1.66. The van der Waals surface area contributed by atoms with E-state index in [0.29, 0.717) is 12.5 Å². The van der Waals surface area contributed by atoms with E-state index in [2.05, 4.69) is 22.2 Å². The van der Waals surface area contributed by atoms with Gasteiger partial charge in [-0.25, -0.2) is 4.68 Å². The molecule has 23 heavy (non-hydrogen) atoms. The van der Waals surface area contributed by atoms with Gasteiger partial charge in [-0.15, -0.1) is 0 Å². The fourth-order valence-corrected chi connectivity index (χ4v) is 3.12. The predicted octanol–water partition coefficient (Wildman–Crippen LogP) is 2.02. The zero-order valence-corrected chi connectivity index (χ0v) is 13.6. The van der Waals surface area contributed by atoms with Gasteiger partial charge in [-0.05, 0) is 43.1 Å². The Morgan fingerprint density at radius 3 is 2.83 bits per heavy atom. The van der Waals surface area contributed by atoms with Crippen molar-refractivity contribution in [3.05, 3.63) is 48.3 Å². The van der Waals surface area contributed by atoms with Gasteiger partial charge in [0.2, 0.25) is 5.91 Å². The Bertz CT molecular complexity index is 615. The highest BCUT2D eigenvalue weighted by Gasteiger charge is 2.25. The number of amides is 1. The number of carbonyl (C=O) groups excluding carboxylic acids is 1. The average molecular weight is 312 g/mol. The van der Waals surface area contributed by atoms with Crippen LogP contribution in [-0.2, 0) is 11.2 Å². The lowest BCUT2D eigenvalue weighted by atomic mass is 10.1. The van der Waals surface area contributed by atoms with Gasteiger partial charge in [0.25, 0.3) is 0 Å². The van der Waals surface area contributed by atoms with Crippen LogP contribution in [0.1, 0.15) is 25.3 Å². The van der Waals surface area contributed by atoms with Crippen molar-refractivity contribution >= 4 is 5.91 Å². The minimum Gasteiger partial charge on any atom is -0.338 e. The molecule has 1 saturated heterocycles. The molecule has 1 N–H and O–H groups in total. The summed E-state index contributed by atoms with van der Waals surface area (Å²) in [6.45, 7) is 4.90. The van der Waals surface area contributed by atoms with Crippen LogP contribution in [0.15, 0.2) is 42.7 Å². The predicted molar refractivity (Wildman–Crippen MR) is 90.5 cm³/mol. The molecule has 1 atom stereocenters. The van der Waals surface area contributed by atoms with E-state index in [0.717, 1.165) is 43.7 Å². The molecule has 1 aromatic carbocycles. The summed E-state index contributed by atoms with van der Waals surface area (Å²) in [4.78, 5) is 14.7. The van der Waals surface area contributed by atoms with Crippen LogP contribution in [0.25, 0.3) is 5.69 Å². The van der Waals surface area contributed by atoms with Crippen molar-refractivity contribution in [2.75, 3.05) is 19.6 Å². The fourth-order valence-electron chi connectivity index (χ4n) is 3.12. The maximum absolute atomic E-state index is 12.7. The highest BCUT2D eigenvalue weighted by Crippen LogP contribution is 2.14. The van der Waals surface area contributed by atoms with E-state index < -0.39 is 0 Å². The van der Waals surface area contributed by atoms with E-state index in [-0.39, 0.29) is 5.91 Å². The van der Waals surface area contributed by atoms with E-state index in [9.17, 15) is 4.79 Å². The molecule has 2 aromatic rings. The lowest BCUT2D eigenvalue weighted by Gasteiger charge is -2.28. The summed E-state index contributed by atoms with van der Waals surface area (Å²) < 4.78 is 1.82. The van der Waals surface area contributed by atoms with Crippen LogP contribution in [0.2, 0.25) is 0 Å². The molecule has 0 bridgehead atoms. The Morgan fingerprint density at radius 1 is 1.39 bits per heavy atom. The van der Waals surface area contributed by atoms with Gasteiger partial charge in [0.1, 0.15) is 0 Å². The third-order valence-electron chi connectivity index (χ3n) is 4.32. The monoisotopic (exact) mass is 312 g/mol. The first-order chi connectivity index (χ1) is 11.3. The second-order valence-electron chi connectivity index (χ2n) is 6.03. The number of nitrogens with one attached hydrogen (secondary N) is 1. The van der Waals surface area contributed by atoms with Crippen molar-refractivity contribution in [2.24, 2.45) is 0 Å². The largest absolute Gasteiger partial charge is 0.338 e. The lowest BCUT2D eigenvalue weighted by molar-refractivity contribution is -0.132. The summed E-state index contributed by atoms with van der Waals surface area (Å²) in [5, 5.41) is 7.57. The summed E-state index contributed by atoms with van der Waals surface area (Å²) in [7, 11) is 0. The summed E-state index contributed by atoms with van der Waals surface area (Å²) in [6.07, 6.45) is 6.20. The van der Waals surface area contributed by atoms with Crippen LogP contribution >= 0.6 is 0 Å². The zero-order valence-electron chi connectivity index (χ0n) is 13.6. The first kappa shape index (κ1) is 15.7. The lowest BCUT2D eigenvalue weighted by Crippen LogP contribution is -2.42. The molecule has 1 amide bonds. The van der Waals surface area contributed by atoms with Crippen LogP contribution in [0.3, 0.4) is 0 Å². The van der Waals surface area contributed by atoms with E-state index >= 15 is 0 Å². The van der Waals surface area contributed by atoms with Crippen LogP contribution in [0, 0.1) is 0 Å². The van der Waals surface area contributed by atoms with Gasteiger partial charge in [0, 0.05) is 31.5 Å². The fraction of sp³-hybridized carbons (Fsp3) is 0.444. The van der Waals surface area contributed by atoms with Crippen LogP contribution in [0.5, 0.6) is 0 Å². The Morgan fingerprint density at radius 2 is 2.22 bits per heavy atom. The van der Waals surface area contributed by atoms with Gasteiger partial charge in [-0.2, -0.15) is 5.10 Å². The van der Waals surface area contributed by atoms with Crippen molar-refractivity contribution in [3.8, 4) is 5.69 Å². The van der Waals surface area contributed by atoms with E-state index in [1.54, 1.807) is 6.20 Å². The number of benzene rings is 1. The van der Waals surface area contributed by atoms with Gasteiger partial charge >= 0.3 is 0 Å². The van der Waals surface area contributed by atoms with E-state index in [1.807, 2.05) is 41.2 Å². The van der Waals surface area contributed by atoms with Crippen molar-refractivity contribution in [1.82, 2.24) is 20.0 Å². The molecule has 1 aromatic heterocycles. The zero-order chi connectivity index (χ0) is 16.1. The molecular weight excluding hydrogens is 288 g/mol. The molecular formula is C18H24N4O. The molecule has 5 nitrogen and oxygen atoms in total. The molecule has 122 valence electrons. The quantitative estimate of drug-likeness (QED) is 0.888. The first-order valence-corrected chi connectivity index (χ1v) is 8.37. The number of hydrogen-bond acceptors (Lipinski definition) is 3. The van der Waals surface area contributed by atoms with Gasteiger partial charge in [0.15, 0.2) is 0 Å². The van der Waals surface area contributed by atoms with Gasteiger partial charge < -0.3 is 10.2 Å². The number of nitrogens with zero attached hydrogens (tertiary/aromatic N) is 3. The second-order valence-corrected chi connectivity index (χ2v) is 6.03. The van der Waals surface area contributed by atoms with Crippen molar-refractivity contribution in [1.29, 1.82) is 0 Å². The SMILES string of the molecule is CCCN(C(=O)Cc1ccc(-n2cccn2)cc1)C1CCNC1. The van der Waals surface area contributed by atoms with Crippen LogP contribution in [0.4, 0.5) is 0 Å². The molecule has 5 heteroatoms. The summed E-state index contributed by atoms with van der Waals surface area (Å²) >= 11 is 0. The number of hydrogen-bond donors (Lipinski definition) is 1. The summed E-state index contributed by atoms with van der Waals surface area (Å²) in [5.74, 6) is 0.229. The molecule has 1 aliphatic rings. The molecule has 1 aliphatic heterocycles. The summed E-state index contributed by atoms with van der Waals surface area (Å²) in [5.41, 5.74) is 2.06. The maximum atomic E-state index is 12.7. The van der Waals surface area contributed by atoms with Crippen LogP contribution < -0.4 is 5.32 Å². The molecule has 0 saturated carbocycles. The van der Waals surface area contributed by atoms with Crippen molar-refractivity contribution in [3.63, 3.8) is 0 Å². The number of aromatic nitrogens is 2. The Labute approximate surface area is 137 Å².